The van der Waals surface area contributed by atoms with E-state index >= 15 is 0 Å². The summed E-state index contributed by atoms with van der Waals surface area (Å²) >= 11 is 1.69. The zero-order valence-corrected chi connectivity index (χ0v) is 11.3. The van der Waals surface area contributed by atoms with Gasteiger partial charge in [0, 0.05) is 17.3 Å². The fourth-order valence-corrected chi connectivity index (χ4v) is 3.65. The van der Waals surface area contributed by atoms with Crippen LogP contribution in [0, 0.1) is 5.92 Å². The largest absolute Gasteiger partial charge is 0.472 e. The maximum absolute atomic E-state index is 12.4. The molecule has 0 radical (unpaired) electrons. The van der Waals surface area contributed by atoms with Crippen LogP contribution in [0.5, 0.6) is 0 Å². The molecule has 1 aliphatic rings. The quantitative estimate of drug-likeness (QED) is 0.854. The number of carbonyl (C=O) groups is 1. The first-order chi connectivity index (χ1) is 9.31. The van der Waals surface area contributed by atoms with Crippen LogP contribution in [0.15, 0.2) is 53.3 Å². The fraction of sp³-hybridized carbons (Fsp3) is 0.267. The lowest BCUT2D eigenvalue weighted by Gasteiger charge is -2.20. The van der Waals surface area contributed by atoms with Crippen LogP contribution in [-0.2, 0) is 4.79 Å². The molecule has 98 valence electrons. The molecular formula is C15H15NO2S. The van der Waals surface area contributed by atoms with Crippen molar-refractivity contribution in [2.75, 3.05) is 6.54 Å². The second kappa shape index (κ2) is 5.05. The first-order valence-electron chi connectivity index (χ1n) is 6.30. The molecule has 19 heavy (non-hydrogen) atoms. The standard InChI is InChI=1S/C15H15NO2S/c1-2-16-7-5-12(15(16)17)14(11-6-8-18-10-11)13-4-3-9-19-13/h2-4,6,8-10,12,14H,1,5,7H2. The van der Waals surface area contributed by atoms with Crippen molar-refractivity contribution in [3.8, 4) is 0 Å². The highest BCUT2D eigenvalue weighted by atomic mass is 32.1. The molecule has 2 aromatic heterocycles. The Bertz CT molecular complexity index is 525. The number of hydrogen-bond acceptors (Lipinski definition) is 3. The average Bonchev–Trinajstić information content (AvgIpc) is 3.15. The Labute approximate surface area is 116 Å². The lowest BCUT2D eigenvalue weighted by atomic mass is 9.85. The molecular weight excluding hydrogens is 258 g/mol. The van der Waals surface area contributed by atoms with E-state index in [1.54, 1.807) is 35.0 Å². The van der Waals surface area contributed by atoms with Gasteiger partial charge in [-0.3, -0.25) is 4.79 Å². The van der Waals surface area contributed by atoms with Crippen LogP contribution < -0.4 is 0 Å². The van der Waals surface area contributed by atoms with Gasteiger partial charge in [-0.25, -0.2) is 0 Å². The summed E-state index contributed by atoms with van der Waals surface area (Å²) in [7, 11) is 0. The Kier molecular flexibility index (Phi) is 3.25. The lowest BCUT2D eigenvalue weighted by molar-refractivity contribution is -0.129. The van der Waals surface area contributed by atoms with E-state index in [1.165, 1.54) is 4.88 Å². The van der Waals surface area contributed by atoms with Gasteiger partial charge < -0.3 is 9.32 Å². The van der Waals surface area contributed by atoms with E-state index in [1.807, 2.05) is 17.5 Å². The van der Waals surface area contributed by atoms with Gasteiger partial charge in [-0.2, -0.15) is 0 Å². The van der Waals surface area contributed by atoms with Crippen LogP contribution in [0.2, 0.25) is 0 Å². The Morgan fingerprint density at radius 1 is 1.53 bits per heavy atom. The molecule has 4 heteroatoms. The average molecular weight is 273 g/mol. The molecule has 0 saturated carbocycles. The normalized spacial score (nSPS) is 20.7. The summed E-state index contributed by atoms with van der Waals surface area (Å²) in [6.07, 6.45) is 5.90. The molecule has 2 atom stereocenters. The molecule has 3 rings (SSSR count). The number of thiophene rings is 1. The molecule has 2 unspecified atom stereocenters. The van der Waals surface area contributed by atoms with E-state index in [9.17, 15) is 4.79 Å². The van der Waals surface area contributed by atoms with Crippen LogP contribution in [-0.4, -0.2) is 17.4 Å². The van der Waals surface area contributed by atoms with Gasteiger partial charge in [-0.1, -0.05) is 12.6 Å². The third-order valence-electron chi connectivity index (χ3n) is 3.66. The number of amides is 1. The molecule has 3 nitrogen and oxygen atoms in total. The highest BCUT2D eigenvalue weighted by molar-refractivity contribution is 7.10. The first-order valence-corrected chi connectivity index (χ1v) is 7.17. The molecule has 0 N–H and O–H groups in total. The first kappa shape index (κ1) is 12.2. The van der Waals surface area contributed by atoms with Crippen molar-refractivity contribution < 1.29 is 9.21 Å². The summed E-state index contributed by atoms with van der Waals surface area (Å²) in [5, 5.41) is 2.05. The maximum Gasteiger partial charge on any atom is 0.230 e. The molecule has 0 aliphatic carbocycles. The van der Waals surface area contributed by atoms with Gasteiger partial charge in [0.05, 0.1) is 18.4 Å². The minimum Gasteiger partial charge on any atom is -0.472 e. The molecule has 1 saturated heterocycles. The highest BCUT2D eigenvalue weighted by Gasteiger charge is 2.38. The topological polar surface area (TPSA) is 33.5 Å². The Hall–Kier alpha value is -1.81. The van der Waals surface area contributed by atoms with Crippen LogP contribution >= 0.6 is 11.3 Å². The van der Waals surface area contributed by atoms with E-state index in [0.29, 0.717) is 0 Å². The van der Waals surface area contributed by atoms with Crippen molar-refractivity contribution in [3.63, 3.8) is 0 Å². The van der Waals surface area contributed by atoms with E-state index in [2.05, 4.69) is 12.6 Å². The number of hydrogen-bond donors (Lipinski definition) is 0. The smallest absolute Gasteiger partial charge is 0.230 e. The zero-order chi connectivity index (χ0) is 13.2. The summed E-state index contributed by atoms with van der Waals surface area (Å²) in [6, 6.07) is 6.07. The van der Waals surface area contributed by atoms with Crippen molar-refractivity contribution in [2.24, 2.45) is 5.92 Å². The predicted molar refractivity (Wildman–Crippen MR) is 74.9 cm³/mol. The van der Waals surface area contributed by atoms with Crippen molar-refractivity contribution in [3.05, 3.63) is 59.3 Å². The molecule has 3 heterocycles. The molecule has 1 aliphatic heterocycles. The highest BCUT2D eigenvalue weighted by Crippen LogP contribution is 2.40. The van der Waals surface area contributed by atoms with Gasteiger partial charge in [0.25, 0.3) is 0 Å². The molecule has 0 spiro atoms. The van der Waals surface area contributed by atoms with Crippen molar-refractivity contribution in [1.82, 2.24) is 4.90 Å². The molecule has 1 amide bonds. The monoisotopic (exact) mass is 273 g/mol. The van der Waals surface area contributed by atoms with Crippen LogP contribution in [0.3, 0.4) is 0 Å². The van der Waals surface area contributed by atoms with Gasteiger partial charge in [0.2, 0.25) is 5.91 Å². The second-order valence-corrected chi connectivity index (χ2v) is 5.64. The van der Waals surface area contributed by atoms with Crippen molar-refractivity contribution in [2.45, 2.75) is 12.3 Å². The third-order valence-corrected chi connectivity index (χ3v) is 4.61. The summed E-state index contributed by atoms with van der Waals surface area (Å²) < 4.78 is 5.20. The van der Waals surface area contributed by atoms with Crippen LogP contribution in [0.1, 0.15) is 22.8 Å². The molecule has 2 aromatic rings. The Balaban J connectivity index is 1.97. The zero-order valence-electron chi connectivity index (χ0n) is 10.5. The molecule has 0 aromatic carbocycles. The number of carbonyl (C=O) groups excluding carboxylic acids is 1. The van der Waals surface area contributed by atoms with E-state index < -0.39 is 0 Å². The molecule has 1 fully saturated rings. The number of nitrogens with zero attached hydrogens (tertiary/aromatic N) is 1. The van der Waals surface area contributed by atoms with Gasteiger partial charge in [0.1, 0.15) is 0 Å². The summed E-state index contributed by atoms with van der Waals surface area (Å²) in [6.45, 7) is 4.46. The predicted octanol–water partition coefficient (Wildman–Crippen LogP) is 3.47. The van der Waals surface area contributed by atoms with Crippen LogP contribution in [0.25, 0.3) is 0 Å². The summed E-state index contributed by atoms with van der Waals surface area (Å²) in [5.41, 5.74) is 1.08. The third kappa shape index (κ3) is 2.12. The van der Waals surface area contributed by atoms with Crippen molar-refractivity contribution >= 4 is 17.2 Å². The fourth-order valence-electron chi connectivity index (χ4n) is 2.73. The Morgan fingerprint density at radius 3 is 3.00 bits per heavy atom. The minimum absolute atomic E-state index is 0.0192. The van der Waals surface area contributed by atoms with Gasteiger partial charge in [-0.15, -0.1) is 11.3 Å². The van der Waals surface area contributed by atoms with Crippen LogP contribution in [0.4, 0.5) is 0 Å². The number of rotatable bonds is 4. The number of furan rings is 1. The Morgan fingerprint density at radius 2 is 2.42 bits per heavy atom. The van der Waals surface area contributed by atoms with E-state index in [0.717, 1.165) is 18.5 Å². The lowest BCUT2D eigenvalue weighted by Crippen LogP contribution is -2.25. The maximum atomic E-state index is 12.4. The SMILES string of the molecule is C=CN1CCC(C(c2ccoc2)c2cccs2)C1=O. The second-order valence-electron chi connectivity index (χ2n) is 4.66. The molecule has 0 bridgehead atoms. The summed E-state index contributed by atoms with van der Waals surface area (Å²) in [5.74, 6) is 0.236. The van der Waals surface area contributed by atoms with E-state index in [4.69, 9.17) is 4.42 Å². The van der Waals surface area contributed by atoms with Gasteiger partial charge >= 0.3 is 0 Å². The van der Waals surface area contributed by atoms with Crippen molar-refractivity contribution in [1.29, 1.82) is 0 Å². The van der Waals surface area contributed by atoms with E-state index in [-0.39, 0.29) is 17.7 Å². The van der Waals surface area contributed by atoms with Gasteiger partial charge in [0.15, 0.2) is 0 Å². The summed E-state index contributed by atoms with van der Waals surface area (Å²) in [4.78, 5) is 15.3. The number of likely N-dealkylation sites (tertiary alicyclic amines) is 1. The van der Waals surface area contributed by atoms with Gasteiger partial charge in [-0.05, 0) is 35.7 Å². The minimum atomic E-state index is -0.0192.